The number of fused-ring (bicyclic) bond motifs is 1. The maximum atomic E-state index is 4.73. The van der Waals surface area contributed by atoms with E-state index in [9.17, 15) is 0 Å². The molecule has 1 aromatic carbocycles. The lowest BCUT2D eigenvalue weighted by Gasteiger charge is -2.21. The van der Waals surface area contributed by atoms with Crippen LogP contribution in [0, 0.1) is 0 Å². The third-order valence-corrected chi connectivity index (χ3v) is 4.01. The number of hydrogen-bond donors (Lipinski definition) is 0. The second-order valence-corrected chi connectivity index (χ2v) is 6.66. The Morgan fingerprint density at radius 2 is 2.00 bits per heavy atom. The number of hydrogen-bond acceptors (Lipinski definition) is 3. The molecule has 0 radical (unpaired) electrons. The van der Waals surface area contributed by atoms with Gasteiger partial charge in [0, 0.05) is 24.3 Å². The number of likely N-dealkylation sites (N-methyl/N-ethyl adjacent to an activating group) is 1. The molecule has 0 amide bonds. The van der Waals surface area contributed by atoms with E-state index in [1.165, 1.54) is 12.8 Å². The standard InChI is InChI=1S/C22H29N3/c1-6-7-10-18(4)15-20(24-17(2)3)16-25(5)21-13-8-11-19-12-9-14-23-22(19)21/h8-9,11-15H,4,6-7,10,16H2,1-3,5H3/b20-15-. The van der Waals surface area contributed by atoms with Gasteiger partial charge in [-0.1, -0.05) is 43.7 Å². The summed E-state index contributed by atoms with van der Waals surface area (Å²) in [5, 5.41) is 1.15. The van der Waals surface area contributed by atoms with Crippen molar-refractivity contribution >= 4 is 22.3 Å². The molecule has 1 heterocycles. The van der Waals surface area contributed by atoms with Gasteiger partial charge in [-0.25, -0.2) is 0 Å². The number of allylic oxidation sites excluding steroid dienone is 2. The Morgan fingerprint density at radius 1 is 1.24 bits per heavy atom. The van der Waals surface area contributed by atoms with Crippen molar-refractivity contribution < 1.29 is 0 Å². The smallest absolute Gasteiger partial charge is 0.0935 e. The van der Waals surface area contributed by atoms with Crippen LogP contribution in [0.15, 0.2) is 65.4 Å². The molecule has 0 spiro atoms. The summed E-state index contributed by atoms with van der Waals surface area (Å²) < 4.78 is 0. The average molecular weight is 335 g/mol. The minimum absolute atomic E-state index is 0.728. The van der Waals surface area contributed by atoms with Crippen molar-refractivity contribution in [2.75, 3.05) is 18.5 Å². The summed E-state index contributed by atoms with van der Waals surface area (Å²) in [4.78, 5) is 11.5. The molecule has 3 heteroatoms. The SMILES string of the molecule is C=C(/C=C(/CN(C)c1cccc2cccnc12)N=C(C)C)CCCC. The van der Waals surface area contributed by atoms with Crippen LogP contribution in [-0.4, -0.2) is 24.3 Å². The van der Waals surface area contributed by atoms with E-state index in [-0.39, 0.29) is 0 Å². The second-order valence-electron chi connectivity index (χ2n) is 6.66. The Kier molecular flexibility index (Phi) is 6.93. The Hall–Kier alpha value is -2.42. The van der Waals surface area contributed by atoms with Crippen LogP contribution in [-0.2, 0) is 0 Å². The summed E-state index contributed by atoms with van der Waals surface area (Å²) >= 11 is 0. The molecule has 0 aliphatic carbocycles. The Balaban J connectivity index is 2.26. The van der Waals surface area contributed by atoms with Crippen molar-refractivity contribution in [2.45, 2.75) is 40.0 Å². The van der Waals surface area contributed by atoms with E-state index < -0.39 is 0 Å². The first kappa shape index (κ1) is 18.9. The van der Waals surface area contributed by atoms with E-state index in [0.717, 1.165) is 46.5 Å². The summed E-state index contributed by atoms with van der Waals surface area (Å²) in [6.07, 6.45) is 7.35. The van der Waals surface area contributed by atoms with Gasteiger partial charge in [-0.3, -0.25) is 9.98 Å². The van der Waals surface area contributed by atoms with E-state index in [0.29, 0.717) is 0 Å². The number of aromatic nitrogens is 1. The van der Waals surface area contributed by atoms with Crippen molar-refractivity contribution in [1.82, 2.24) is 4.98 Å². The summed E-state index contributed by atoms with van der Waals surface area (Å²) in [6.45, 7) is 11.2. The summed E-state index contributed by atoms with van der Waals surface area (Å²) in [6, 6.07) is 10.4. The van der Waals surface area contributed by atoms with Crippen LogP contribution in [0.4, 0.5) is 5.69 Å². The molecule has 1 aromatic heterocycles. The van der Waals surface area contributed by atoms with Crippen LogP contribution >= 0.6 is 0 Å². The van der Waals surface area contributed by atoms with Gasteiger partial charge < -0.3 is 4.90 Å². The van der Waals surface area contributed by atoms with Crippen LogP contribution in [0.25, 0.3) is 10.9 Å². The molecule has 0 fully saturated rings. The van der Waals surface area contributed by atoms with Crippen LogP contribution in [0.2, 0.25) is 0 Å². The molecule has 0 atom stereocenters. The number of anilines is 1. The molecule has 0 N–H and O–H groups in total. The van der Waals surface area contributed by atoms with Gasteiger partial charge in [-0.2, -0.15) is 0 Å². The van der Waals surface area contributed by atoms with Crippen LogP contribution in [0.5, 0.6) is 0 Å². The highest BCUT2D eigenvalue weighted by Gasteiger charge is 2.09. The zero-order chi connectivity index (χ0) is 18.2. The molecule has 0 saturated heterocycles. The van der Waals surface area contributed by atoms with Gasteiger partial charge in [0.2, 0.25) is 0 Å². The number of unbranched alkanes of at least 4 members (excludes halogenated alkanes) is 1. The number of rotatable bonds is 8. The molecular formula is C22H29N3. The highest BCUT2D eigenvalue weighted by Crippen LogP contribution is 2.25. The monoisotopic (exact) mass is 335 g/mol. The fraction of sp³-hybridized carbons (Fsp3) is 0.364. The van der Waals surface area contributed by atoms with E-state index in [1.807, 2.05) is 26.1 Å². The molecule has 0 bridgehead atoms. The molecular weight excluding hydrogens is 306 g/mol. The maximum absolute atomic E-state index is 4.73. The summed E-state index contributed by atoms with van der Waals surface area (Å²) in [5.74, 6) is 0. The third kappa shape index (κ3) is 5.56. The van der Waals surface area contributed by atoms with Gasteiger partial charge in [-0.05, 0) is 44.9 Å². The van der Waals surface area contributed by atoms with Crippen molar-refractivity contribution in [3.63, 3.8) is 0 Å². The van der Waals surface area contributed by atoms with E-state index in [4.69, 9.17) is 4.99 Å². The number of pyridine rings is 1. The van der Waals surface area contributed by atoms with E-state index in [2.05, 4.69) is 60.8 Å². The third-order valence-electron chi connectivity index (χ3n) is 4.01. The molecule has 0 saturated carbocycles. The highest BCUT2D eigenvalue weighted by molar-refractivity contribution is 5.90. The average Bonchev–Trinajstić information content (AvgIpc) is 2.58. The number of nitrogens with zero attached hydrogens (tertiary/aromatic N) is 3. The van der Waals surface area contributed by atoms with Gasteiger partial charge >= 0.3 is 0 Å². The van der Waals surface area contributed by atoms with Crippen molar-refractivity contribution in [2.24, 2.45) is 4.99 Å². The van der Waals surface area contributed by atoms with Crippen molar-refractivity contribution in [3.05, 3.63) is 60.5 Å². The molecule has 0 aliphatic rings. The quantitative estimate of drug-likeness (QED) is 0.452. The van der Waals surface area contributed by atoms with E-state index in [1.54, 1.807) is 0 Å². The Bertz CT molecular complexity index is 777. The molecule has 0 unspecified atom stereocenters. The Labute approximate surface area is 151 Å². The fourth-order valence-corrected chi connectivity index (χ4v) is 2.84. The fourth-order valence-electron chi connectivity index (χ4n) is 2.84. The first-order chi connectivity index (χ1) is 12.0. The lowest BCUT2D eigenvalue weighted by atomic mass is 10.1. The first-order valence-corrected chi connectivity index (χ1v) is 8.96. The minimum atomic E-state index is 0.728. The lowest BCUT2D eigenvalue weighted by Crippen LogP contribution is -2.20. The summed E-state index contributed by atoms with van der Waals surface area (Å²) in [7, 11) is 2.09. The van der Waals surface area contributed by atoms with Crippen molar-refractivity contribution in [3.8, 4) is 0 Å². The van der Waals surface area contributed by atoms with Gasteiger partial charge in [0.05, 0.1) is 23.4 Å². The molecule has 2 aromatic rings. The molecule has 132 valence electrons. The zero-order valence-electron chi connectivity index (χ0n) is 15.9. The predicted molar refractivity (Wildman–Crippen MR) is 111 cm³/mol. The van der Waals surface area contributed by atoms with Gasteiger partial charge in [0.1, 0.15) is 0 Å². The van der Waals surface area contributed by atoms with Gasteiger partial charge in [-0.15, -0.1) is 0 Å². The molecule has 3 nitrogen and oxygen atoms in total. The summed E-state index contributed by atoms with van der Waals surface area (Å²) in [5.41, 5.74) is 5.38. The molecule has 2 rings (SSSR count). The lowest BCUT2D eigenvalue weighted by molar-refractivity contribution is 0.797. The van der Waals surface area contributed by atoms with Gasteiger partial charge in [0.25, 0.3) is 0 Å². The maximum Gasteiger partial charge on any atom is 0.0935 e. The van der Waals surface area contributed by atoms with Crippen LogP contribution < -0.4 is 4.90 Å². The first-order valence-electron chi connectivity index (χ1n) is 8.96. The normalized spacial score (nSPS) is 11.4. The zero-order valence-corrected chi connectivity index (χ0v) is 15.9. The van der Waals surface area contributed by atoms with Crippen LogP contribution in [0.1, 0.15) is 40.0 Å². The minimum Gasteiger partial charge on any atom is -0.367 e. The largest absolute Gasteiger partial charge is 0.367 e. The predicted octanol–water partition coefficient (Wildman–Crippen LogP) is 5.78. The highest BCUT2D eigenvalue weighted by atomic mass is 15.1. The number of aliphatic imine (C=N–C) groups is 1. The second kappa shape index (κ2) is 9.16. The molecule has 25 heavy (non-hydrogen) atoms. The Morgan fingerprint density at radius 3 is 2.72 bits per heavy atom. The number of para-hydroxylation sites is 1. The van der Waals surface area contributed by atoms with Crippen molar-refractivity contribution in [1.29, 1.82) is 0 Å². The van der Waals surface area contributed by atoms with Crippen LogP contribution in [0.3, 0.4) is 0 Å². The number of benzene rings is 1. The van der Waals surface area contributed by atoms with Gasteiger partial charge in [0.15, 0.2) is 0 Å². The van der Waals surface area contributed by atoms with E-state index >= 15 is 0 Å². The topological polar surface area (TPSA) is 28.5 Å². The molecule has 0 aliphatic heterocycles.